The molecule has 2 nitrogen and oxygen atoms in total. The number of hydrogen-bond acceptors (Lipinski definition) is 2. The first-order valence-corrected chi connectivity index (χ1v) is 7.38. The highest BCUT2D eigenvalue weighted by molar-refractivity contribution is 5.23. The Morgan fingerprint density at radius 2 is 2.21 bits per heavy atom. The fraction of sp³-hybridized carbons (Fsp3) is 0.625. The lowest BCUT2D eigenvalue weighted by Crippen LogP contribution is -2.40. The van der Waals surface area contributed by atoms with Gasteiger partial charge in [0.05, 0.1) is 0 Å². The number of rotatable bonds is 5. The molecule has 0 aromatic heterocycles. The lowest BCUT2D eigenvalue weighted by molar-refractivity contribution is 0.183. The van der Waals surface area contributed by atoms with Crippen LogP contribution in [0.15, 0.2) is 24.3 Å². The van der Waals surface area contributed by atoms with Crippen molar-refractivity contribution in [2.75, 3.05) is 19.8 Å². The van der Waals surface area contributed by atoms with Gasteiger partial charge in [-0.2, -0.15) is 0 Å². The molecule has 1 unspecified atom stereocenters. The van der Waals surface area contributed by atoms with Crippen molar-refractivity contribution < 1.29 is 9.13 Å². The summed E-state index contributed by atoms with van der Waals surface area (Å²) in [6.07, 6.45) is 4.73. The van der Waals surface area contributed by atoms with Gasteiger partial charge in [-0.05, 0) is 61.8 Å². The number of benzene rings is 1. The van der Waals surface area contributed by atoms with E-state index in [1.165, 1.54) is 18.9 Å². The highest BCUT2D eigenvalue weighted by atomic mass is 19.1. The highest BCUT2D eigenvalue weighted by Gasteiger charge is 2.30. The molecule has 1 heterocycles. The lowest BCUT2D eigenvalue weighted by Gasteiger charge is -2.36. The van der Waals surface area contributed by atoms with Gasteiger partial charge in [0.25, 0.3) is 0 Å². The third-order valence-corrected chi connectivity index (χ3v) is 4.47. The highest BCUT2D eigenvalue weighted by Crippen LogP contribution is 2.37. The fourth-order valence-electron chi connectivity index (χ4n) is 3.12. The van der Waals surface area contributed by atoms with Crippen LogP contribution in [0.3, 0.4) is 0 Å². The summed E-state index contributed by atoms with van der Waals surface area (Å²) in [7, 11) is 0. The summed E-state index contributed by atoms with van der Waals surface area (Å²) in [6, 6.07) is 7.67. The minimum Gasteiger partial charge on any atom is -0.381 e. The summed E-state index contributed by atoms with van der Waals surface area (Å²) < 4.78 is 18.5. The third-order valence-electron chi connectivity index (χ3n) is 4.47. The van der Waals surface area contributed by atoms with Crippen molar-refractivity contribution in [2.45, 2.75) is 37.6 Å². The predicted octanol–water partition coefficient (Wildman–Crippen LogP) is 3.09. The Kier molecular flexibility index (Phi) is 4.14. The fourth-order valence-corrected chi connectivity index (χ4v) is 3.12. The Labute approximate surface area is 114 Å². The van der Waals surface area contributed by atoms with Crippen LogP contribution < -0.4 is 5.32 Å². The maximum atomic E-state index is 13.1. The van der Waals surface area contributed by atoms with Crippen LogP contribution in [-0.2, 0) is 4.74 Å². The van der Waals surface area contributed by atoms with Crippen molar-refractivity contribution in [3.05, 3.63) is 35.6 Å². The van der Waals surface area contributed by atoms with Crippen LogP contribution in [0, 0.1) is 11.7 Å². The minimum atomic E-state index is -0.116. The monoisotopic (exact) mass is 263 g/mol. The normalized spacial score (nSPS) is 30.3. The van der Waals surface area contributed by atoms with Gasteiger partial charge in [-0.1, -0.05) is 12.1 Å². The van der Waals surface area contributed by atoms with Gasteiger partial charge < -0.3 is 10.1 Å². The van der Waals surface area contributed by atoms with Gasteiger partial charge in [0.2, 0.25) is 0 Å². The first-order valence-electron chi connectivity index (χ1n) is 7.38. The molecular weight excluding hydrogens is 241 g/mol. The molecule has 1 aliphatic heterocycles. The van der Waals surface area contributed by atoms with Gasteiger partial charge in [-0.15, -0.1) is 0 Å². The second kappa shape index (κ2) is 6.02. The summed E-state index contributed by atoms with van der Waals surface area (Å²) in [4.78, 5) is 0. The van der Waals surface area contributed by atoms with Gasteiger partial charge >= 0.3 is 0 Å². The Hall–Kier alpha value is -0.930. The van der Waals surface area contributed by atoms with Crippen LogP contribution in [0.4, 0.5) is 4.39 Å². The van der Waals surface area contributed by atoms with Crippen molar-refractivity contribution in [1.82, 2.24) is 5.32 Å². The molecule has 3 rings (SSSR count). The molecule has 1 saturated carbocycles. The Balaban J connectivity index is 1.36. The summed E-state index contributed by atoms with van der Waals surface area (Å²) in [5.41, 5.74) is 1.15. The van der Waals surface area contributed by atoms with E-state index in [0.29, 0.717) is 12.0 Å². The van der Waals surface area contributed by atoms with Crippen molar-refractivity contribution in [3.8, 4) is 0 Å². The van der Waals surface area contributed by atoms with Gasteiger partial charge in [-0.25, -0.2) is 4.39 Å². The number of ether oxygens (including phenoxy) is 1. The SMILES string of the molecule is Fc1cccc(C2CC(NCCC3CCOC3)C2)c1. The average molecular weight is 263 g/mol. The topological polar surface area (TPSA) is 21.3 Å². The van der Waals surface area contributed by atoms with Crippen LogP contribution in [0.1, 0.15) is 37.2 Å². The maximum absolute atomic E-state index is 13.1. The Morgan fingerprint density at radius 1 is 1.32 bits per heavy atom. The second-order valence-corrected chi connectivity index (χ2v) is 5.89. The van der Waals surface area contributed by atoms with Crippen LogP contribution >= 0.6 is 0 Å². The lowest BCUT2D eigenvalue weighted by atomic mass is 9.76. The van der Waals surface area contributed by atoms with Crippen molar-refractivity contribution in [2.24, 2.45) is 5.92 Å². The van der Waals surface area contributed by atoms with Crippen LogP contribution in [-0.4, -0.2) is 25.8 Å². The molecular formula is C16H22FNO. The van der Waals surface area contributed by atoms with Gasteiger partial charge in [0.15, 0.2) is 0 Å². The molecule has 1 atom stereocenters. The van der Waals surface area contributed by atoms with Gasteiger partial charge in [-0.3, -0.25) is 0 Å². The minimum absolute atomic E-state index is 0.116. The first-order chi connectivity index (χ1) is 9.31. The Morgan fingerprint density at radius 3 is 2.95 bits per heavy atom. The van der Waals surface area contributed by atoms with E-state index in [2.05, 4.69) is 5.32 Å². The van der Waals surface area contributed by atoms with E-state index in [4.69, 9.17) is 4.74 Å². The standard InChI is InChI=1S/C16H22FNO/c17-15-3-1-2-13(8-15)14-9-16(10-14)18-6-4-12-5-7-19-11-12/h1-3,8,12,14,16,18H,4-7,9-11H2. The Bertz CT molecular complexity index is 411. The molecule has 0 radical (unpaired) electrons. The number of hydrogen-bond donors (Lipinski definition) is 1. The zero-order valence-electron chi connectivity index (χ0n) is 11.3. The summed E-state index contributed by atoms with van der Waals surface area (Å²) in [5.74, 6) is 1.18. The van der Waals surface area contributed by atoms with E-state index in [1.54, 1.807) is 6.07 Å². The molecule has 2 aliphatic rings. The molecule has 1 saturated heterocycles. The van der Waals surface area contributed by atoms with Gasteiger partial charge in [0, 0.05) is 19.3 Å². The van der Waals surface area contributed by atoms with Crippen LogP contribution in [0.25, 0.3) is 0 Å². The second-order valence-electron chi connectivity index (χ2n) is 5.89. The molecule has 0 spiro atoms. The summed E-state index contributed by atoms with van der Waals surface area (Å²) in [5, 5.41) is 3.61. The molecule has 0 bridgehead atoms. The van der Waals surface area contributed by atoms with Crippen molar-refractivity contribution >= 4 is 0 Å². The zero-order valence-corrected chi connectivity index (χ0v) is 11.3. The average Bonchev–Trinajstić information content (AvgIpc) is 2.85. The smallest absolute Gasteiger partial charge is 0.123 e. The van der Waals surface area contributed by atoms with E-state index in [0.717, 1.165) is 44.1 Å². The van der Waals surface area contributed by atoms with E-state index in [1.807, 2.05) is 12.1 Å². The molecule has 1 aromatic carbocycles. The van der Waals surface area contributed by atoms with Crippen LogP contribution in [0.5, 0.6) is 0 Å². The molecule has 0 amide bonds. The molecule has 1 aromatic rings. The largest absolute Gasteiger partial charge is 0.381 e. The maximum Gasteiger partial charge on any atom is 0.123 e. The van der Waals surface area contributed by atoms with E-state index >= 15 is 0 Å². The van der Waals surface area contributed by atoms with E-state index < -0.39 is 0 Å². The number of nitrogens with one attached hydrogen (secondary N) is 1. The third kappa shape index (κ3) is 3.34. The van der Waals surface area contributed by atoms with Gasteiger partial charge in [0.1, 0.15) is 5.82 Å². The molecule has 3 heteroatoms. The van der Waals surface area contributed by atoms with Crippen LogP contribution in [0.2, 0.25) is 0 Å². The number of halogens is 1. The predicted molar refractivity (Wildman–Crippen MR) is 73.7 cm³/mol. The van der Waals surface area contributed by atoms with E-state index in [-0.39, 0.29) is 5.82 Å². The molecule has 1 aliphatic carbocycles. The summed E-state index contributed by atoms with van der Waals surface area (Å²) in [6.45, 7) is 2.97. The van der Waals surface area contributed by atoms with E-state index in [9.17, 15) is 4.39 Å². The van der Waals surface area contributed by atoms with Crippen molar-refractivity contribution in [3.63, 3.8) is 0 Å². The molecule has 1 N–H and O–H groups in total. The summed E-state index contributed by atoms with van der Waals surface area (Å²) >= 11 is 0. The zero-order chi connectivity index (χ0) is 13.1. The molecule has 19 heavy (non-hydrogen) atoms. The first kappa shape index (κ1) is 13.1. The molecule has 104 valence electrons. The quantitative estimate of drug-likeness (QED) is 0.881. The molecule has 2 fully saturated rings. The van der Waals surface area contributed by atoms with Crippen molar-refractivity contribution in [1.29, 1.82) is 0 Å².